The minimum atomic E-state index is -0.301. The number of rotatable bonds is 4. The zero-order valence-electron chi connectivity index (χ0n) is 12.2. The molecule has 0 aliphatic carbocycles. The molecule has 20 heavy (non-hydrogen) atoms. The second kappa shape index (κ2) is 5.78. The number of hydrogen-bond acceptors (Lipinski definition) is 3. The highest BCUT2D eigenvalue weighted by molar-refractivity contribution is 7.99. The Hall–Kier alpha value is -1.00. The summed E-state index contributed by atoms with van der Waals surface area (Å²) < 4.78 is 1.67. The molecule has 0 aliphatic heterocycles. The van der Waals surface area contributed by atoms with Crippen molar-refractivity contribution in [1.82, 2.24) is 9.55 Å². The maximum atomic E-state index is 12.7. The quantitative estimate of drug-likeness (QED) is 0.805. The zero-order chi connectivity index (χ0) is 14.9. The first-order valence-electron chi connectivity index (χ1n) is 6.54. The molecule has 0 bridgehead atoms. The van der Waals surface area contributed by atoms with Gasteiger partial charge in [0.2, 0.25) is 0 Å². The second-order valence-corrected chi connectivity index (χ2v) is 7.63. The normalized spacial score (nSPS) is 13.7. The van der Waals surface area contributed by atoms with Crippen LogP contribution in [0.4, 0.5) is 0 Å². The van der Waals surface area contributed by atoms with Crippen molar-refractivity contribution < 1.29 is 0 Å². The molecule has 1 heterocycles. The first-order chi connectivity index (χ1) is 9.35. The number of alkyl halides is 1. The third kappa shape index (κ3) is 3.01. The fraction of sp³-hybridized carbons (Fsp3) is 0.467. The van der Waals surface area contributed by atoms with Crippen LogP contribution in [0.15, 0.2) is 29.1 Å². The lowest BCUT2D eigenvalue weighted by Gasteiger charge is -2.25. The van der Waals surface area contributed by atoms with Crippen molar-refractivity contribution in [3.63, 3.8) is 0 Å². The fourth-order valence-corrected chi connectivity index (χ4v) is 2.51. The van der Waals surface area contributed by atoms with Crippen molar-refractivity contribution in [2.24, 2.45) is 0 Å². The van der Waals surface area contributed by atoms with Crippen LogP contribution in [0, 0.1) is 0 Å². The maximum Gasteiger partial charge on any atom is 0.261 e. The van der Waals surface area contributed by atoms with Gasteiger partial charge in [-0.3, -0.25) is 9.36 Å². The minimum absolute atomic E-state index is 0.0137. The lowest BCUT2D eigenvalue weighted by Crippen LogP contribution is -2.33. The second-order valence-electron chi connectivity index (χ2n) is 5.46. The number of para-hydroxylation sites is 1. The summed E-state index contributed by atoms with van der Waals surface area (Å²) in [7, 11) is 0. The number of thioether (sulfide) groups is 1. The van der Waals surface area contributed by atoms with Crippen molar-refractivity contribution >= 4 is 34.3 Å². The molecule has 5 heteroatoms. The molecule has 0 saturated carbocycles. The standard InChI is InChI=1S/C15H19ClN2OS/c1-10(16)13-17-12-8-6-5-7-11(12)14(19)18(13)9-15(2,3)20-4/h5-8,10H,9H2,1-4H3. The molecule has 108 valence electrons. The van der Waals surface area contributed by atoms with Crippen LogP contribution in [0.3, 0.4) is 0 Å². The molecule has 1 atom stereocenters. The van der Waals surface area contributed by atoms with Crippen molar-refractivity contribution in [3.8, 4) is 0 Å². The van der Waals surface area contributed by atoms with Gasteiger partial charge in [0.15, 0.2) is 0 Å². The van der Waals surface area contributed by atoms with E-state index in [1.54, 1.807) is 16.3 Å². The molecule has 3 nitrogen and oxygen atoms in total. The molecule has 0 spiro atoms. The Morgan fingerprint density at radius 2 is 2.05 bits per heavy atom. The minimum Gasteiger partial charge on any atom is -0.293 e. The number of benzene rings is 1. The SMILES string of the molecule is CSC(C)(C)Cn1c(C(C)Cl)nc2ccccc2c1=O. The summed E-state index contributed by atoms with van der Waals surface area (Å²) in [5.41, 5.74) is 0.693. The van der Waals surface area contributed by atoms with Crippen molar-refractivity contribution in [3.05, 3.63) is 40.4 Å². The summed E-state index contributed by atoms with van der Waals surface area (Å²) in [6.45, 7) is 6.67. The van der Waals surface area contributed by atoms with Gasteiger partial charge in [0.1, 0.15) is 5.82 Å². The molecule has 0 fully saturated rings. The van der Waals surface area contributed by atoms with Gasteiger partial charge in [-0.05, 0) is 39.2 Å². The first kappa shape index (κ1) is 15.4. The van der Waals surface area contributed by atoms with E-state index in [0.29, 0.717) is 23.3 Å². The van der Waals surface area contributed by atoms with Gasteiger partial charge in [-0.2, -0.15) is 11.8 Å². The Morgan fingerprint density at radius 1 is 1.40 bits per heavy atom. The topological polar surface area (TPSA) is 34.9 Å². The zero-order valence-corrected chi connectivity index (χ0v) is 13.8. The number of aromatic nitrogens is 2. The molecular weight excluding hydrogens is 292 g/mol. The molecule has 0 amide bonds. The van der Waals surface area contributed by atoms with E-state index in [2.05, 4.69) is 18.8 Å². The third-order valence-electron chi connectivity index (χ3n) is 3.34. The number of hydrogen-bond donors (Lipinski definition) is 0. The number of fused-ring (bicyclic) bond motifs is 1. The molecule has 2 rings (SSSR count). The molecule has 1 unspecified atom stereocenters. The van der Waals surface area contributed by atoms with Gasteiger partial charge in [-0.15, -0.1) is 11.6 Å². The van der Waals surface area contributed by atoms with Gasteiger partial charge >= 0.3 is 0 Å². The monoisotopic (exact) mass is 310 g/mol. The van der Waals surface area contributed by atoms with Crippen molar-refractivity contribution in [2.75, 3.05) is 6.26 Å². The van der Waals surface area contributed by atoms with Crippen LogP contribution >= 0.6 is 23.4 Å². The third-order valence-corrected chi connectivity index (χ3v) is 4.77. The summed E-state index contributed by atoms with van der Waals surface area (Å²) in [4.78, 5) is 17.3. The van der Waals surface area contributed by atoms with Crippen LogP contribution in [-0.2, 0) is 6.54 Å². The van der Waals surface area contributed by atoms with E-state index in [-0.39, 0.29) is 15.7 Å². The number of halogens is 1. The summed E-state index contributed by atoms with van der Waals surface area (Å²) in [5.74, 6) is 0.637. The summed E-state index contributed by atoms with van der Waals surface area (Å²) >= 11 is 7.95. The van der Waals surface area contributed by atoms with Crippen molar-refractivity contribution in [1.29, 1.82) is 0 Å². The van der Waals surface area contributed by atoms with Crippen molar-refractivity contribution in [2.45, 2.75) is 37.4 Å². The summed E-state index contributed by atoms with van der Waals surface area (Å²) in [5, 5.41) is 0.343. The largest absolute Gasteiger partial charge is 0.293 e. The van der Waals surface area contributed by atoms with Crippen LogP contribution < -0.4 is 5.56 Å². The van der Waals surface area contributed by atoms with E-state index in [0.717, 1.165) is 0 Å². The summed E-state index contributed by atoms with van der Waals surface area (Å²) in [6, 6.07) is 7.41. The fourth-order valence-electron chi connectivity index (χ4n) is 2.09. The predicted molar refractivity (Wildman–Crippen MR) is 87.9 cm³/mol. The average Bonchev–Trinajstić information content (AvgIpc) is 2.41. The van der Waals surface area contributed by atoms with Crippen LogP contribution in [0.1, 0.15) is 32.0 Å². The van der Waals surface area contributed by atoms with Gasteiger partial charge in [-0.25, -0.2) is 4.98 Å². The number of nitrogens with zero attached hydrogens (tertiary/aromatic N) is 2. The molecule has 1 aromatic carbocycles. The predicted octanol–water partition coefficient (Wildman–Crippen LogP) is 3.84. The van der Waals surface area contributed by atoms with Gasteiger partial charge in [0, 0.05) is 11.3 Å². The Kier molecular flexibility index (Phi) is 4.45. The van der Waals surface area contributed by atoms with Crippen LogP contribution in [0.2, 0.25) is 0 Å². The highest BCUT2D eigenvalue weighted by atomic mass is 35.5. The van der Waals surface area contributed by atoms with Gasteiger partial charge < -0.3 is 0 Å². The molecule has 0 radical (unpaired) electrons. The van der Waals surface area contributed by atoms with Crippen LogP contribution in [0.25, 0.3) is 10.9 Å². The van der Waals surface area contributed by atoms with E-state index < -0.39 is 0 Å². The Labute approximate surface area is 128 Å². The molecule has 0 aliphatic rings. The van der Waals surface area contributed by atoms with E-state index >= 15 is 0 Å². The Balaban J connectivity index is 2.70. The van der Waals surface area contributed by atoms with E-state index in [1.807, 2.05) is 37.4 Å². The van der Waals surface area contributed by atoms with Gasteiger partial charge in [0.25, 0.3) is 5.56 Å². The molecule has 0 saturated heterocycles. The lowest BCUT2D eigenvalue weighted by atomic mass is 10.2. The highest BCUT2D eigenvalue weighted by Gasteiger charge is 2.22. The molecule has 0 N–H and O–H groups in total. The lowest BCUT2D eigenvalue weighted by molar-refractivity contribution is 0.527. The van der Waals surface area contributed by atoms with E-state index in [4.69, 9.17) is 11.6 Å². The van der Waals surface area contributed by atoms with Crippen LogP contribution in [0.5, 0.6) is 0 Å². The Morgan fingerprint density at radius 3 is 2.65 bits per heavy atom. The highest BCUT2D eigenvalue weighted by Crippen LogP contribution is 2.26. The summed E-state index contributed by atoms with van der Waals surface area (Å²) in [6.07, 6.45) is 2.04. The molecule has 1 aromatic heterocycles. The maximum absolute atomic E-state index is 12.7. The first-order valence-corrected chi connectivity index (χ1v) is 8.20. The average molecular weight is 311 g/mol. The van der Waals surface area contributed by atoms with Crippen LogP contribution in [-0.4, -0.2) is 20.6 Å². The van der Waals surface area contributed by atoms with Gasteiger partial charge in [0.05, 0.1) is 16.3 Å². The Bertz CT molecular complexity index is 679. The van der Waals surface area contributed by atoms with E-state index in [9.17, 15) is 4.79 Å². The molecule has 2 aromatic rings. The molecular formula is C15H19ClN2OS. The van der Waals surface area contributed by atoms with E-state index in [1.165, 1.54) is 0 Å². The van der Waals surface area contributed by atoms with Gasteiger partial charge in [-0.1, -0.05) is 12.1 Å². The smallest absolute Gasteiger partial charge is 0.261 e.